The second-order valence-corrected chi connectivity index (χ2v) is 20.4. The maximum absolute atomic E-state index is 15.1. The summed E-state index contributed by atoms with van der Waals surface area (Å²) in [4.78, 5) is 32.3. The van der Waals surface area contributed by atoms with Gasteiger partial charge in [-0.2, -0.15) is 0 Å². The number of hydrogen-bond donors (Lipinski definition) is 1. The van der Waals surface area contributed by atoms with Gasteiger partial charge in [-0.1, -0.05) is 97.2 Å². The first kappa shape index (κ1) is 37.6. The number of aromatic nitrogens is 3. The zero-order valence-electron chi connectivity index (χ0n) is 32.5. The van der Waals surface area contributed by atoms with Crippen LogP contribution in [0.15, 0.2) is 116 Å². The highest BCUT2D eigenvalue weighted by atomic mass is 28.3. The van der Waals surface area contributed by atoms with Gasteiger partial charge < -0.3 is 19.5 Å². The number of benzene rings is 4. The predicted molar refractivity (Wildman–Crippen MR) is 220 cm³/mol. The van der Waals surface area contributed by atoms with E-state index >= 15 is 4.79 Å². The zero-order chi connectivity index (χ0) is 39.2. The van der Waals surface area contributed by atoms with Gasteiger partial charge in [0.25, 0.3) is 5.91 Å². The van der Waals surface area contributed by atoms with Crippen LogP contribution >= 0.6 is 0 Å². The molecule has 1 aromatic heterocycles. The molecule has 56 heavy (non-hydrogen) atoms. The Kier molecular flexibility index (Phi) is 10.0. The van der Waals surface area contributed by atoms with E-state index in [0.29, 0.717) is 38.0 Å². The average Bonchev–Trinajstić information content (AvgIpc) is 3.88. The maximum atomic E-state index is 15.1. The highest BCUT2D eigenvalue weighted by molar-refractivity contribution is 6.91. The number of para-hydroxylation sites is 1. The van der Waals surface area contributed by atoms with Crippen LogP contribution in [0, 0.1) is 5.92 Å². The van der Waals surface area contributed by atoms with Gasteiger partial charge in [-0.3, -0.25) is 19.2 Å². The summed E-state index contributed by atoms with van der Waals surface area (Å²) in [6, 6.07) is 32.2. The van der Waals surface area contributed by atoms with Crippen LogP contribution in [0.2, 0.25) is 18.6 Å². The van der Waals surface area contributed by atoms with Gasteiger partial charge in [-0.15, -0.1) is 11.7 Å². The number of nitrogens with zero attached hydrogens (tertiary/aromatic N) is 5. The zero-order valence-corrected chi connectivity index (χ0v) is 33.5. The van der Waals surface area contributed by atoms with E-state index < -0.39 is 13.7 Å². The van der Waals surface area contributed by atoms with Gasteiger partial charge in [-0.25, -0.2) is 0 Å². The molecule has 1 spiro atoms. The molecule has 3 aliphatic heterocycles. The Hall–Kier alpha value is -5.36. The third kappa shape index (κ3) is 6.18. The SMILES string of the molecule is C=CCN1C(=O)[C@]2(O[C@H](CCn3cc(C(CO)c4ccccc4)nn3)[C@@H]([Si](C)(C)c3ccc(OC)cc3)[C@@H]2C)c2cc(N3C(=O)CCc4ccccc43)ccc21. The fourth-order valence-electron chi connectivity index (χ4n) is 9.63. The lowest BCUT2D eigenvalue weighted by atomic mass is 9.82. The van der Waals surface area contributed by atoms with Crippen LogP contribution in [0.3, 0.4) is 0 Å². The highest BCUT2D eigenvalue weighted by Gasteiger charge is 2.66. The lowest BCUT2D eigenvalue weighted by Crippen LogP contribution is -2.52. The summed E-state index contributed by atoms with van der Waals surface area (Å²) in [6.07, 6.45) is 5.04. The fraction of sp³-hybridized carbons (Fsp3) is 0.333. The first-order valence-corrected chi connectivity index (χ1v) is 22.6. The summed E-state index contributed by atoms with van der Waals surface area (Å²) >= 11 is 0. The van der Waals surface area contributed by atoms with E-state index in [0.717, 1.165) is 39.5 Å². The van der Waals surface area contributed by atoms with Crippen molar-refractivity contribution in [3.63, 3.8) is 0 Å². The monoisotopic (exact) mass is 767 g/mol. The lowest BCUT2D eigenvalue weighted by molar-refractivity contribution is -0.145. The Morgan fingerprint density at radius 3 is 2.48 bits per heavy atom. The molecule has 0 radical (unpaired) electrons. The van der Waals surface area contributed by atoms with Gasteiger partial charge in [0, 0.05) is 42.9 Å². The van der Waals surface area contributed by atoms with E-state index in [1.54, 1.807) is 23.0 Å². The summed E-state index contributed by atoms with van der Waals surface area (Å²) in [7, 11) is -0.741. The number of methoxy groups -OCH3 is 1. The Labute approximate surface area is 329 Å². The molecule has 3 aliphatic rings. The summed E-state index contributed by atoms with van der Waals surface area (Å²) in [5.41, 5.74) is 4.67. The van der Waals surface area contributed by atoms with Crippen molar-refractivity contribution >= 4 is 42.1 Å². The summed E-state index contributed by atoms with van der Waals surface area (Å²) in [5, 5.41) is 20.5. The lowest BCUT2D eigenvalue weighted by Gasteiger charge is -2.37. The smallest absolute Gasteiger partial charge is 0.264 e. The number of hydrogen-bond acceptors (Lipinski definition) is 7. The molecule has 10 nitrogen and oxygen atoms in total. The number of aryl methyl sites for hydroxylation is 2. The van der Waals surface area contributed by atoms with Crippen LogP contribution in [0.1, 0.15) is 48.1 Å². The fourth-order valence-corrected chi connectivity index (χ4v) is 13.7. The van der Waals surface area contributed by atoms with Crippen LogP contribution in [0.4, 0.5) is 17.1 Å². The first-order valence-electron chi connectivity index (χ1n) is 19.5. The van der Waals surface area contributed by atoms with Crippen LogP contribution in [0.5, 0.6) is 5.75 Å². The van der Waals surface area contributed by atoms with Crippen LogP contribution in [-0.4, -0.2) is 66.4 Å². The number of ether oxygens (including phenoxy) is 2. The molecule has 0 aliphatic carbocycles. The van der Waals surface area contributed by atoms with E-state index in [4.69, 9.17) is 9.47 Å². The van der Waals surface area contributed by atoms with Gasteiger partial charge in [0.05, 0.1) is 50.9 Å². The molecular formula is C45H49N5O5Si. The maximum Gasteiger partial charge on any atom is 0.264 e. The Bertz CT molecular complexity index is 2260. The molecular weight excluding hydrogens is 719 g/mol. The van der Waals surface area contributed by atoms with Crippen molar-refractivity contribution in [1.82, 2.24) is 15.0 Å². The van der Waals surface area contributed by atoms with Crippen molar-refractivity contribution in [3.8, 4) is 5.75 Å². The molecule has 1 saturated heterocycles. The van der Waals surface area contributed by atoms with E-state index in [9.17, 15) is 9.90 Å². The van der Waals surface area contributed by atoms with Gasteiger partial charge in [0.2, 0.25) is 5.91 Å². The molecule has 2 amide bonds. The predicted octanol–water partition coefficient (Wildman–Crippen LogP) is 6.86. The standard InChI is InChI=1S/C45H49N5O5Si/c1-6-25-49-40-22-17-33(50-39-15-11-10-14-32(39)16-23-42(50)52)27-37(40)45(44(49)53)30(2)43(56(4,5)35-20-18-34(54-3)19-21-35)41(55-45)24-26-48-28-38(46-47-48)36(29-51)31-12-8-7-9-13-31/h6-15,17-22,27-28,30,36,41,43,51H,1,16,23-26,29H2,2-5H3/t30-,36?,41+,43-,45+/m0/s1. The summed E-state index contributed by atoms with van der Waals surface area (Å²) in [5.74, 6) is 0.201. The molecule has 4 heterocycles. The normalized spacial score (nSPS) is 22.3. The van der Waals surface area contributed by atoms with Crippen LogP contribution in [-0.2, 0) is 32.9 Å². The number of carbonyl (C=O) groups excluding carboxylic acids is 2. The number of amides is 2. The summed E-state index contributed by atoms with van der Waals surface area (Å²) < 4.78 is 14.7. The number of rotatable bonds is 12. The molecule has 5 atom stereocenters. The van der Waals surface area contributed by atoms with Crippen LogP contribution in [0.25, 0.3) is 0 Å². The quantitative estimate of drug-likeness (QED) is 0.109. The molecule has 5 aromatic rings. The molecule has 4 aromatic carbocycles. The molecule has 0 bridgehead atoms. The Morgan fingerprint density at radius 1 is 1.00 bits per heavy atom. The van der Waals surface area contributed by atoms with Gasteiger partial charge >= 0.3 is 0 Å². The Morgan fingerprint density at radius 2 is 1.75 bits per heavy atom. The first-order chi connectivity index (χ1) is 27.1. The summed E-state index contributed by atoms with van der Waals surface area (Å²) in [6.45, 7) is 11.7. The van der Waals surface area contributed by atoms with E-state index in [1.165, 1.54) is 5.19 Å². The van der Waals surface area contributed by atoms with Crippen LogP contribution < -0.4 is 19.7 Å². The minimum Gasteiger partial charge on any atom is -0.497 e. The third-order valence-corrected chi connectivity index (χ3v) is 16.8. The van der Waals surface area contributed by atoms with Crippen molar-refractivity contribution in [2.24, 2.45) is 5.92 Å². The second kappa shape index (κ2) is 14.9. The van der Waals surface area contributed by atoms with Gasteiger partial charge in [-0.05, 0) is 65.9 Å². The van der Waals surface area contributed by atoms with Gasteiger partial charge in [0.15, 0.2) is 5.60 Å². The number of anilines is 3. The number of fused-ring (bicyclic) bond motifs is 3. The number of carbonyl (C=O) groups is 2. The van der Waals surface area contributed by atoms with Crippen molar-refractivity contribution in [3.05, 3.63) is 138 Å². The molecule has 1 N–H and O–H groups in total. The third-order valence-electron chi connectivity index (χ3n) is 12.4. The topological polar surface area (TPSA) is 110 Å². The molecule has 8 rings (SSSR count). The van der Waals surface area contributed by atoms with E-state index in [-0.39, 0.29) is 41.9 Å². The number of aliphatic hydroxyl groups excluding tert-OH is 1. The molecule has 11 heteroatoms. The van der Waals surface area contributed by atoms with E-state index in [1.807, 2.05) is 89.7 Å². The second-order valence-electron chi connectivity index (χ2n) is 15.8. The molecule has 288 valence electrons. The van der Waals surface area contributed by atoms with Crippen molar-refractivity contribution < 1.29 is 24.2 Å². The van der Waals surface area contributed by atoms with Crippen molar-refractivity contribution in [1.29, 1.82) is 0 Å². The van der Waals surface area contributed by atoms with Gasteiger partial charge in [0.1, 0.15) is 5.75 Å². The minimum atomic E-state index is -2.41. The average molecular weight is 768 g/mol. The Balaban J connectivity index is 1.20. The number of aliphatic hydroxyl groups is 1. The largest absolute Gasteiger partial charge is 0.497 e. The highest BCUT2D eigenvalue weighted by Crippen LogP contribution is 2.60. The van der Waals surface area contributed by atoms with E-state index in [2.05, 4.69) is 55.1 Å². The molecule has 1 fully saturated rings. The van der Waals surface area contributed by atoms with Crippen molar-refractivity contribution in [2.45, 2.75) is 69.0 Å². The van der Waals surface area contributed by atoms with Crippen molar-refractivity contribution in [2.75, 3.05) is 30.1 Å². The molecule has 1 unspecified atom stereocenters. The molecule has 0 saturated carbocycles. The minimum absolute atomic E-state index is 0.00915.